The zero-order valence-corrected chi connectivity index (χ0v) is 8.07. The molecule has 0 aliphatic carbocycles. The van der Waals surface area contributed by atoms with Crippen LogP contribution in [0.3, 0.4) is 0 Å². The first-order valence-electron chi connectivity index (χ1n) is 4.43. The van der Waals surface area contributed by atoms with Gasteiger partial charge in [-0.3, -0.25) is 0 Å². The summed E-state index contributed by atoms with van der Waals surface area (Å²) < 4.78 is 39.2. The van der Waals surface area contributed by atoms with Crippen molar-refractivity contribution < 1.29 is 13.2 Å². The molecular weight excluding hydrogens is 219 g/mol. The summed E-state index contributed by atoms with van der Waals surface area (Å²) in [7, 11) is 0. The molecule has 0 radical (unpaired) electrons. The van der Waals surface area contributed by atoms with Crippen LogP contribution >= 0.6 is 0 Å². The Bertz CT molecular complexity index is 489. The molecule has 0 unspecified atom stereocenters. The summed E-state index contributed by atoms with van der Waals surface area (Å²) in [5, 5.41) is 0. The normalized spacial score (nSPS) is 11.7. The van der Waals surface area contributed by atoms with Crippen molar-refractivity contribution in [2.75, 3.05) is 5.73 Å². The number of nitrogens with zero attached hydrogens (tertiary/aromatic N) is 2. The fourth-order valence-corrected chi connectivity index (χ4v) is 1.36. The van der Waals surface area contributed by atoms with Crippen LogP contribution in [0.4, 0.5) is 18.9 Å². The summed E-state index contributed by atoms with van der Waals surface area (Å²) in [6.07, 6.45) is 0.0294. The molecule has 1 heterocycles. The maximum Gasteiger partial charge on any atom is 0.418 e. The van der Waals surface area contributed by atoms with E-state index in [0.29, 0.717) is 5.69 Å². The van der Waals surface area contributed by atoms with Crippen molar-refractivity contribution in [3.8, 4) is 5.69 Å². The molecule has 0 spiro atoms. The number of anilines is 1. The van der Waals surface area contributed by atoms with Gasteiger partial charge in [0.05, 0.1) is 11.9 Å². The van der Waals surface area contributed by atoms with Crippen molar-refractivity contribution in [1.29, 1.82) is 0 Å². The van der Waals surface area contributed by atoms with Gasteiger partial charge >= 0.3 is 6.18 Å². The average molecular weight is 227 g/mol. The van der Waals surface area contributed by atoms with Gasteiger partial charge in [-0.2, -0.15) is 13.2 Å². The number of aromatic nitrogens is 2. The van der Waals surface area contributed by atoms with E-state index >= 15 is 0 Å². The molecule has 84 valence electrons. The molecule has 0 amide bonds. The van der Waals surface area contributed by atoms with E-state index in [1.165, 1.54) is 29.2 Å². The van der Waals surface area contributed by atoms with Gasteiger partial charge in [-0.1, -0.05) is 0 Å². The number of alkyl halides is 3. The largest absolute Gasteiger partial charge is 0.418 e. The summed E-state index contributed by atoms with van der Waals surface area (Å²) >= 11 is 0. The Morgan fingerprint density at radius 1 is 1.25 bits per heavy atom. The molecule has 2 aromatic rings. The zero-order valence-electron chi connectivity index (χ0n) is 8.07. The summed E-state index contributed by atoms with van der Waals surface area (Å²) in [6, 6.07) is 3.74. The van der Waals surface area contributed by atoms with Crippen molar-refractivity contribution in [3.63, 3.8) is 0 Å². The molecular formula is C10H8F3N3. The third-order valence-electron chi connectivity index (χ3n) is 2.14. The predicted molar refractivity (Wildman–Crippen MR) is 53.0 cm³/mol. The van der Waals surface area contributed by atoms with Crippen LogP contribution < -0.4 is 5.73 Å². The second-order valence-corrected chi connectivity index (χ2v) is 3.24. The maximum absolute atomic E-state index is 12.6. The summed E-state index contributed by atoms with van der Waals surface area (Å²) in [4.78, 5) is 3.76. The lowest BCUT2D eigenvalue weighted by molar-refractivity contribution is -0.136. The SMILES string of the molecule is Nc1ccc(-n2ccnc2)cc1C(F)(F)F. The number of hydrogen-bond acceptors (Lipinski definition) is 2. The second kappa shape index (κ2) is 3.55. The highest BCUT2D eigenvalue weighted by atomic mass is 19.4. The predicted octanol–water partition coefficient (Wildman–Crippen LogP) is 2.47. The lowest BCUT2D eigenvalue weighted by Crippen LogP contribution is -2.09. The molecule has 1 aromatic carbocycles. The quantitative estimate of drug-likeness (QED) is 0.760. The van der Waals surface area contributed by atoms with Crippen molar-refractivity contribution in [1.82, 2.24) is 9.55 Å². The highest BCUT2D eigenvalue weighted by Gasteiger charge is 2.33. The van der Waals surface area contributed by atoms with Gasteiger partial charge in [0.25, 0.3) is 0 Å². The van der Waals surface area contributed by atoms with Crippen LogP contribution in [-0.4, -0.2) is 9.55 Å². The summed E-state index contributed by atoms with van der Waals surface area (Å²) in [5.41, 5.74) is 4.54. The van der Waals surface area contributed by atoms with Crippen molar-refractivity contribution >= 4 is 5.69 Å². The molecule has 0 aliphatic heterocycles. The molecule has 0 fully saturated rings. The average Bonchev–Trinajstić information content (AvgIpc) is 2.69. The Hall–Kier alpha value is -1.98. The van der Waals surface area contributed by atoms with Gasteiger partial charge in [-0.05, 0) is 18.2 Å². The van der Waals surface area contributed by atoms with Gasteiger partial charge in [-0.15, -0.1) is 0 Å². The molecule has 2 rings (SSSR count). The molecule has 2 N–H and O–H groups in total. The Morgan fingerprint density at radius 3 is 2.56 bits per heavy atom. The van der Waals surface area contributed by atoms with Crippen LogP contribution in [0.5, 0.6) is 0 Å². The molecule has 0 atom stereocenters. The monoisotopic (exact) mass is 227 g/mol. The molecule has 0 bridgehead atoms. The molecule has 16 heavy (non-hydrogen) atoms. The minimum atomic E-state index is -4.44. The van der Waals surface area contributed by atoms with Gasteiger partial charge in [0.1, 0.15) is 0 Å². The van der Waals surface area contributed by atoms with E-state index < -0.39 is 11.7 Å². The van der Waals surface area contributed by atoms with Crippen LogP contribution in [0.25, 0.3) is 5.69 Å². The number of benzene rings is 1. The lowest BCUT2D eigenvalue weighted by Gasteiger charge is -2.11. The number of imidazole rings is 1. The summed E-state index contributed by atoms with van der Waals surface area (Å²) in [6.45, 7) is 0. The first-order chi connectivity index (χ1) is 7.48. The topological polar surface area (TPSA) is 43.8 Å². The first-order valence-corrected chi connectivity index (χ1v) is 4.43. The van der Waals surface area contributed by atoms with Crippen molar-refractivity contribution in [3.05, 3.63) is 42.5 Å². The number of nitrogen functional groups attached to an aromatic ring is 1. The smallest absolute Gasteiger partial charge is 0.398 e. The maximum atomic E-state index is 12.6. The van der Waals surface area contributed by atoms with Gasteiger partial charge in [0.2, 0.25) is 0 Å². The second-order valence-electron chi connectivity index (χ2n) is 3.24. The number of hydrogen-bond donors (Lipinski definition) is 1. The van der Waals surface area contributed by atoms with E-state index in [-0.39, 0.29) is 5.69 Å². The van der Waals surface area contributed by atoms with E-state index in [4.69, 9.17) is 5.73 Å². The third-order valence-corrected chi connectivity index (χ3v) is 2.14. The van der Waals surface area contributed by atoms with Gasteiger partial charge in [-0.25, -0.2) is 4.98 Å². The van der Waals surface area contributed by atoms with E-state index in [2.05, 4.69) is 4.98 Å². The third kappa shape index (κ3) is 1.86. The number of halogens is 3. The standard InChI is InChI=1S/C10H8F3N3/c11-10(12,13)8-5-7(1-2-9(8)14)16-4-3-15-6-16/h1-6H,14H2. The Morgan fingerprint density at radius 2 is 2.00 bits per heavy atom. The van der Waals surface area contributed by atoms with E-state index in [9.17, 15) is 13.2 Å². The molecule has 3 nitrogen and oxygen atoms in total. The Kier molecular flexibility index (Phi) is 2.34. The molecule has 0 saturated heterocycles. The molecule has 6 heteroatoms. The minimum absolute atomic E-state index is 0.281. The lowest BCUT2D eigenvalue weighted by atomic mass is 10.1. The highest BCUT2D eigenvalue weighted by molar-refractivity contribution is 5.54. The van der Waals surface area contributed by atoms with E-state index in [0.717, 1.165) is 6.07 Å². The highest BCUT2D eigenvalue weighted by Crippen LogP contribution is 2.34. The van der Waals surface area contributed by atoms with E-state index in [1.807, 2.05) is 0 Å². The Balaban J connectivity index is 2.52. The van der Waals surface area contributed by atoms with Crippen LogP contribution in [0, 0.1) is 0 Å². The van der Waals surface area contributed by atoms with Crippen molar-refractivity contribution in [2.45, 2.75) is 6.18 Å². The Labute approximate surface area is 89.3 Å². The van der Waals surface area contributed by atoms with Gasteiger partial charge in [0.15, 0.2) is 0 Å². The van der Waals surface area contributed by atoms with Crippen molar-refractivity contribution in [2.24, 2.45) is 0 Å². The fourth-order valence-electron chi connectivity index (χ4n) is 1.36. The number of nitrogens with two attached hydrogens (primary N) is 1. The van der Waals surface area contributed by atoms with Crippen LogP contribution in [-0.2, 0) is 6.18 Å². The fraction of sp³-hybridized carbons (Fsp3) is 0.100. The van der Waals surface area contributed by atoms with Gasteiger partial charge in [0, 0.05) is 23.8 Å². The molecule has 1 aromatic heterocycles. The van der Waals surface area contributed by atoms with Crippen LogP contribution in [0.2, 0.25) is 0 Å². The summed E-state index contributed by atoms with van der Waals surface area (Å²) in [5.74, 6) is 0. The molecule has 0 saturated carbocycles. The van der Waals surface area contributed by atoms with E-state index in [1.54, 1.807) is 6.20 Å². The molecule has 0 aliphatic rings. The van der Waals surface area contributed by atoms with Crippen LogP contribution in [0.1, 0.15) is 5.56 Å². The van der Waals surface area contributed by atoms with Gasteiger partial charge < -0.3 is 10.3 Å². The first kappa shape index (κ1) is 10.5. The van der Waals surface area contributed by atoms with Crippen LogP contribution in [0.15, 0.2) is 36.9 Å². The minimum Gasteiger partial charge on any atom is -0.398 e. The zero-order chi connectivity index (χ0) is 11.8. The number of rotatable bonds is 1.